The zero-order valence-electron chi connectivity index (χ0n) is 13.4. The molecule has 0 aromatic heterocycles. The molecule has 1 aliphatic carbocycles. The lowest BCUT2D eigenvalue weighted by Crippen LogP contribution is -2.40. The third-order valence-electron chi connectivity index (χ3n) is 3.52. The molecular weight excluding hydrogens is 280 g/mol. The van der Waals surface area contributed by atoms with Crippen molar-refractivity contribution in [1.29, 1.82) is 0 Å². The number of methoxy groups -OCH3 is 1. The van der Waals surface area contributed by atoms with Gasteiger partial charge in [-0.1, -0.05) is 18.2 Å². The van der Waals surface area contributed by atoms with Crippen LogP contribution in [0, 0.1) is 0 Å². The number of hydrogen-bond donors (Lipinski definition) is 2. The molecule has 120 valence electrons. The Kier molecular flexibility index (Phi) is 6.63. The van der Waals surface area contributed by atoms with Gasteiger partial charge >= 0.3 is 0 Å². The standard InChI is InChI=1S/C14H18N2O3.C3H6/c1-15-12(17)9-16-13(18)14(7-8-14)10-3-5-11(19-2)6-4-10;1-3-2/h3-6H,7-9H2,1-2H3,(H,15,17)(H,16,18);3H,1H2,2H3. The Labute approximate surface area is 131 Å². The maximum atomic E-state index is 12.2. The highest BCUT2D eigenvalue weighted by atomic mass is 16.5. The van der Waals surface area contributed by atoms with Gasteiger partial charge in [0.25, 0.3) is 0 Å². The molecule has 0 atom stereocenters. The van der Waals surface area contributed by atoms with Crippen LogP contribution >= 0.6 is 0 Å². The van der Waals surface area contributed by atoms with Gasteiger partial charge < -0.3 is 15.4 Å². The fourth-order valence-electron chi connectivity index (χ4n) is 2.10. The summed E-state index contributed by atoms with van der Waals surface area (Å²) in [5, 5.41) is 5.16. The van der Waals surface area contributed by atoms with Crippen molar-refractivity contribution in [2.45, 2.75) is 25.2 Å². The molecule has 0 spiro atoms. The van der Waals surface area contributed by atoms with Gasteiger partial charge in [-0.2, -0.15) is 0 Å². The van der Waals surface area contributed by atoms with Gasteiger partial charge in [0.1, 0.15) is 5.75 Å². The molecule has 0 aliphatic heterocycles. The molecule has 2 amide bonds. The predicted molar refractivity (Wildman–Crippen MR) is 86.9 cm³/mol. The molecule has 1 fully saturated rings. The summed E-state index contributed by atoms with van der Waals surface area (Å²) in [5.74, 6) is 0.491. The summed E-state index contributed by atoms with van der Waals surface area (Å²) in [7, 11) is 3.16. The normalized spacial score (nSPS) is 14.0. The molecule has 5 heteroatoms. The molecule has 1 aliphatic rings. The van der Waals surface area contributed by atoms with E-state index in [4.69, 9.17) is 4.74 Å². The Balaban J connectivity index is 0.000000745. The number of amides is 2. The maximum Gasteiger partial charge on any atom is 0.239 e. The fraction of sp³-hybridized carbons (Fsp3) is 0.412. The van der Waals surface area contributed by atoms with Crippen molar-refractivity contribution in [2.75, 3.05) is 20.7 Å². The summed E-state index contributed by atoms with van der Waals surface area (Å²) < 4.78 is 5.10. The minimum Gasteiger partial charge on any atom is -0.497 e. The average molecular weight is 304 g/mol. The van der Waals surface area contributed by atoms with Crippen LogP contribution in [0.15, 0.2) is 36.9 Å². The summed E-state index contributed by atoms with van der Waals surface area (Å²) in [6.45, 7) is 5.27. The monoisotopic (exact) mass is 304 g/mol. The van der Waals surface area contributed by atoms with Crippen molar-refractivity contribution >= 4 is 11.8 Å². The molecule has 2 N–H and O–H groups in total. The van der Waals surface area contributed by atoms with Crippen molar-refractivity contribution < 1.29 is 14.3 Å². The maximum absolute atomic E-state index is 12.2. The lowest BCUT2D eigenvalue weighted by Gasteiger charge is -2.15. The van der Waals surface area contributed by atoms with Crippen LogP contribution in [0.1, 0.15) is 25.3 Å². The SMILES string of the molecule is C=CC.CNC(=O)CNC(=O)C1(c2ccc(OC)cc2)CC1. The van der Waals surface area contributed by atoms with Crippen molar-refractivity contribution in [1.82, 2.24) is 10.6 Å². The first kappa shape index (κ1) is 17.8. The third kappa shape index (κ3) is 4.35. The van der Waals surface area contributed by atoms with E-state index < -0.39 is 5.41 Å². The van der Waals surface area contributed by atoms with Gasteiger partial charge in [-0.15, -0.1) is 6.58 Å². The van der Waals surface area contributed by atoms with Crippen LogP contribution in [0.5, 0.6) is 5.75 Å². The highest BCUT2D eigenvalue weighted by Gasteiger charge is 2.51. The van der Waals surface area contributed by atoms with Crippen molar-refractivity contribution in [3.8, 4) is 5.75 Å². The highest BCUT2D eigenvalue weighted by Crippen LogP contribution is 2.48. The minimum absolute atomic E-state index is 0.0211. The Hall–Kier alpha value is -2.30. The van der Waals surface area contributed by atoms with Crippen LogP contribution in [0.2, 0.25) is 0 Å². The first-order valence-electron chi connectivity index (χ1n) is 7.24. The second kappa shape index (κ2) is 8.22. The molecular formula is C17H24N2O3. The largest absolute Gasteiger partial charge is 0.497 e. The molecule has 0 heterocycles. The van der Waals surface area contributed by atoms with Crippen LogP contribution < -0.4 is 15.4 Å². The number of allylic oxidation sites excluding steroid dienone is 1. The number of likely N-dealkylation sites (N-methyl/N-ethyl adjacent to an activating group) is 1. The molecule has 0 bridgehead atoms. The van der Waals surface area contributed by atoms with Gasteiger partial charge in [0, 0.05) is 7.05 Å². The highest BCUT2D eigenvalue weighted by molar-refractivity contribution is 5.93. The van der Waals surface area contributed by atoms with Gasteiger partial charge in [-0.25, -0.2) is 0 Å². The van der Waals surface area contributed by atoms with E-state index >= 15 is 0 Å². The van der Waals surface area contributed by atoms with Crippen LogP contribution in [-0.2, 0) is 15.0 Å². The number of hydrogen-bond acceptors (Lipinski definition) is 3. The second-order valence-corrected chi connectivity index (χ2v) is 5.07. The van der Waals surface area contributed by atoms with Crippen molar-refractivity contribution in [3.05, 3.63) is 42.5 Å². The number of rotatable bonds is 5. The molecule has 1 aromatic rings. The zero-order valence-corrected chi connectivity index (χ0v) is 13.4. The summed E-state index contributed by atoms with van der Waals surface area (Å²) in [5.41, 5.74) is 0.517. The van der Waals surface area contributed by atoms with Crippen LogP contribution in [0.4, 0.5) is 0 Å². The molecule has 2 rings (SSSR count). The van der Waals surface area contributed by atoms with E-state index in [2.05, 4.69) is 17.2 Å². The van der Waals surface area contributed by atoms with E-state index in [1.807, 2.05) is 31.2 Å². The fourth-order valence-corrected chi connectivity index (χ4v) is 2.10. The van der Waals surface area contributed by atoms with E-state index in [0.717, 1.165) is 24.2 Å². The summed E-state index contributed by atoms with van der Waals surface area (Å²) in [6, 6.07) is 7.51. The van der Waals surface area contributed by atoms with E-state index in [1.165, 1.54) is 0 Å². The van der Waals surface area contributed by atoms with E-state index in [9.17, 15) is 9.59 Å². The molecule has 0 radical (unpaired) electrons. The lowest BCUT2D eigenvalue weighted by molar-refractivity contribution is -0.127. The Morgan fingerprint density at radius 3 is 2.27 bits per heavy atom. The van der Waals surface area contributed by atoms with E-state index in [-0.39, 0.29) is 18.4 Å². The van der Waals surface area contributed by atoms with Gasteiger partial charge in [0.15, 0.2) is 0 Å². The molecule has 0 saturated heterocycles. The number of carbonyl (C=O) groups excluding carboxylic acids is 2. The topological polar surface area (TPSA) is 67.4 Å². The summed E-state index contributed by atoms with van der Waals surface area (Å²) in [4.78, 5) is 23.3. The van der Waals surface area contributed by atoms with Crippen LogP contribution in [0.3, 0.4) is 0 Å². The average Bonchev–Trinajstić information content (AvgIpc) is 3.35. The third-order valence-corrected chi connectivity index (χ3v) is 3.52. The smallest absolute Gasteiger partial charge is 0.239 e. The predicted octanol–water partition coefficient (Wildman–Crippen LogP) is 1.78. The van der Waals surface area contributed by atoms with Gasteiger partial charge in [-0.05, 0) is 37.5 Å². The molecule has 1 saturated carbocycles. The molecule has 0 unspecified atom stereocenters. The minimum atomic E-state index is -0.458. The molecule has 5 nitrogen and oxygen atoms in total. The van der Waals surface area contributed by atoms with Crippen molar-refractivity contribution in [2.24, 2.45) is 0 Å². The quantitative estimate of drug-likeness (QED) is 0.815. The number of benzene rings is 1. The van der Waals surface area contributed by atoms with Gasteiger partial charge in [0.05, 0.1) is 19.1 Å². The lowest BCUT2D eigenvalue weighted by atomic mass is 9.95. The Morgan fingerprint density at radius 1 is 1.32 bits per heavy atom. The van der Waals surface area contributed by atoms with E-state index in [0.29, 0.717) is 0 Å². The first-order chi connectivity index (χ1) is 10.5. The Morgan fingerprint density at radius 2 is 1.86 bits per heavy atom. The van der Waals surface area contributed by atoms with Gasteiger partial charge in [0.2, 0.25) is 11.8 Å². The molecule has 1 aromatic carbocycles. The Bertz CT molecular complexity index is 519. The van der Waals surface area contributed by atoms with Crippen LogP contribution in [-0.4, -0.2) is 32.5 Å². The van der Waals surface area contributed by atoms with Gasteiger partial charge in [-0.3, -0.25) is 9.59 Å². The summed E-state index contributed by atoms with van der Waals surface area (Å²) >= 11 is 0. The van der Waals surface area contributed by atoms with Crippen molar-refractivity contribution in [3.63, 3.8) is 0 Å². The number of carbonyl (C=O) groups is 2. The number of nitrogens with one attached hydrogen (secondary N) is 2. The zero-order chi connectivity index (χ0) is 16.6. The second-order valence-electron chi connectivity index (χ2n) is 5.07. The first-order valence-corrected chi connectivity index (χ1v) is 7.24. The van der Waals surface area contributed by atoms with Crippen LogP contribution in [0.25, 0.3) is 0 Å². The molecule has 22 heavy (non-hydrogen) atoms. The van der Waals surface area contributed by atoms with E-state index in [1.54, 1.807) is 20.2 Å². The number of ether oxygens (including phenoxy) is 1. The summed E-state index contributed by atoms with van der Waals surface area (Å²) in [6.07, 6.45) is 3.39.